The highest BCUT2D eigenvalue weighted by molar-refractivity contribution is 5.46. The Balaban J connectivity index is 2.21. The molecule has 1 atom stereocenters. The monoisotopic (exact) mass is 307 g/mol. The third kappa shape index (κ3) is 3.07. The molecule has 1 heteroatoms. The van der Waals surface area contributed by atoms with E-state index < -0.39 is 0 Å². The van der Waals surface area contributed by atoms with Crippen molar-refractivity contribution in [3.63, 3.8) is 0 Å². The van der Waals surface area contributed by atoms with Gasteiger partial charge in [-0.25, -0.2) is 0 Å². The molecule has 0 aliphatic carbocycles. The van der Waals surface area contributed by atoms with Crippen LogP contribution in [0.5, 0.6) is 0 Å². The first-order valence-electron chi connectivity index (χ1n) is 8.80. The molecule has 1 saturated heterocycles. The summed E-state index contributed by atoms with van der Waals surface area (Å²) in [5, 5.41) is 3.77. The number of hydrogen-bond donors (Lipinski definition) is 1. The second-order valence-electron chi connectivity index (χ2n) is 7.60. The normalized spacial score (nSPS) is 18.4. The van der Waals surface area contributed by atoms with Crippen LogP contribution in [-0.2, 0) is 5.41 Å². The van der Waals surface area contributed by atoms with E-state index in [9.17, 15) is 0 Å². The molecule has 2 aromatic rings. The summed E-state index contributed by atoms with van der Waals surface area (Å²) in [6, 6.07) is 14.6. The largest absolute Gasteiger partial charge is 0.313 e. The number of hydrogen-bond acceptors (Lipinski definition) is 1. The van der Waals surface area contributed by atoms with Gasteiger partial charge in [0.25, 0.3) is 0 Å². The van der Waals surface area contributed by atoms with Crippen molar-refractivity contribution in [2.45, 2.75) is 58.9 Å². The lowest BCUT2D eigenvalue weighted by Crippen LogP contribution is -2.44. The van der Waals surface area contributed by atoms with Crippen molar-refractivity contribution in [1.29, 1.82) is 0 Å². The second-order valence-corrected chi connectivity index (χ2v) is 7.60. The Morgan fingerprint density at radius 1 is 0.783 bits per heavy atom. The lowest BCUT2D eigenvalue weighted by Gasteiger charge is -2.38. The van der Waals surface area contributed by atoms with Crippen LogP contribution < -0.4 is 5.32 Å². The Labute approximate surface area is 141 Å². The van der Waals surface area contributed by atoms with E-state index in [4.69, 9.17) is 0 Å². The van der Waals surface area contributed by atoms with Gasteiger partial charge in [-0.05, 0) is 65.1 Å². The molecule has 0 saturated carbocycles. The fourth-order valence-corrected chi connectivity index (χ4v) is 4.30. The van der Waals surface area contributed by atoms with Crippen LogP contribution in [0, 0.1) is 27.7 Å². The molecule has 1 N–H and O–H groups in total. The minimum Gasteiger partial charge on any atom is -0.313 e. The predicted octanol–water partition coefficient (Wildman–Crippen LogP) is 4.98. The number of rotatable bonds is 3. The molecule has 3 rings (SSSR count). The number of aryl methyl sites for hydroxylation is 4. The Hall–Kier alpha value is -1.60. The van der Waals surface area contributed by atoms with Crippen LogP contribution >= 0.6 is 0 Å². The molecule has 1 heterocycles. The van der Waals surface area contributed by atoms with Crippen molar-refractivity contribution in [2.24, 2.45) is 0 Å². The summed E-state index contributed by atoms with van der Waals surface area (Å²) in [5.74, 6) is 0. The van der Waals surface area contributed by atoms with Crippen molar-refractivity contribution in [2.75, 3.05) is 6.54 Å². The molecule has 0 amide bonds. The standard InChI is InChI=1S/C22H29N/c1-15-9-16(2)12-19(11-15)22(5,21-7-6-8-23-21)20-13-17(3)10-18(4)14-20/h9-14,21,23H,6-8H2,1-5H3. The average Bonchev–Trinajstić information content (AvgIpc) is 2.98. The van der Waals surface area contributed by atoms with Crippen LogP contribution in [0.25, 0.3) is 0 Å². The van der Waals surface area contributed by atoms with E-state index in [1.165, 1.54) is 46.2 Å². The molecular formula is C22H29N. The number of benzene rings is 2. The summed E-state index contributed by atoms with van der Waals surface area (Å²) >= 11 is 0. The first kappa shape index (κ1) is 16.3. The van der Waals surface area contributed by atoms with Crippen LogP contribution in [-0.4, -0.2) is 12.6 Å². The molecule has 1 unspecified atom stereocenters. The summed E-state index contributed by atoms with van der Waals surface area (Å²) in [5.41, 5.74) is 8.33. The van der Waals surface area contributed by atoms with Crippen molar-refractivity contribution in [3.8, 4) is 0 Å². The van der Waals surface area contributed by atoms with Gasteiger partial charge >= 0.3 is 0 Å². The molecule has 122 valence electrons. The van der Waals surface area contributed by atoms with Crippen molar-refractivity contribution >= 4 is 0 Å². The SMILES string of the molecule is Cc1cc(C)cc(C(C)(c2cc(C)cc(C)c2)C2CCCN2)c1. The van der Waals surface area contributed by atoms with Gasteiger partial charge in [-0.15, -0.1) is 0 Å². The van der Waals surface area contributed by atoms with Gasteiger partial charge in [0.2, 0.25) is 0 Å². The highest BCUT2D eigenvalue weighted by Gasteiger charge is 2.39. The third-order valence-corrected chi connectivity index (χ3v) is 5.40. The smallest absolute Gasteiger partial charge is 0.0328 e. The zero-order valence-corrected chi connectivity index (χ0v) is 15.2. The van der Waals surface area contributed by atoms with Crippen LogP contribution in [0.1, 0.15) is 53.1 Å². The lowest BCUT2D eigenvalue weighted by atomic mass is 9.69. The average molecular weight is 307 g/mol. The Morgan fingerprint density at radius 3 is 1.57 bits per heavy atom. The van der Waals surface area contributed by atoms with E-state index in [0.717, 1.165) is 6.54 Å². The topological polar surface area (TPSA) is 12.0 Å². The summed E-state index contributed by atoms with van der Waals surface area (Å²) in [7, 11) is 0. The Kier molecular flexibility index (Phi) is 4.33. The van der Waals surface area contributed by atoms with E-state index in [-0.39, 0.29) is 5.41 Å². The molecular weight excluding hydrogens is 278 g/mol. The maximum atomic E-state index is 3.77. The first-order chi connectivity index (χ1) is 10.9. The van der Waals surface area contributed by atoms with E-state index in [0.29, 0.717) is 6.04 Å². The molecule has 2 aromatic carbocycles. The fourth-order valence-electron chi connectivity index (χ4n) is 4.30. The summed E-state index contributed by atoms with van der Waals surface area (Å²) in [4.78, 5) is 0. The van der Waals surface area contributed by atoms with Crippen molar-refractivity contribution < 1.29 is 0 Å². The lowest BCUT2D eigenvalue weighted by molar-refractivity contribution is 0.406. The third-order valence-electron chi connectivity index (χ3n) is 5.40. The predicted molar refractivity (Wildman–Crippen MR) is 99.3 cm³/mol. The molecule has 0 radical (unpaired) electrons. The van der Waals surface area contributed by atoms with Crippen molar-refractivity contribution in [3.05, 3.63) is 69.8 Å². The molecule has 1 fully saturated rings. The molecule has 0 aromatic heterocycles. The molecule has 0 bridgehead atoms. The Bertz CT molecular complexity index is 616. The minimum absolute atomic E-state index is 0.0179. The maximum absolute atomic E-state index is 3.77. The van der Waals surface area contributed by atoms with Gasteiger partial charge in [0.1, 0.15) is 0 Å². The van der Waals surface area contributed by atoms with Gasteiger partial charge in [0.05, 0.1) is 0 Å². The van der Waals surface area contributed by atoms with Gasteiger partial charge < -0.3 is 5.32 Å². The summed E-state index contributed by atoms with van der Waals surface area (Å²) in [6.45, 7) is 12.4. The molecule has 23 heavy (non-hydrogen) atoms. The Morgan fingerprint density at radius 2 is 1.22 bits per heavy atom. The van der Waals surface area contributed by atoms with Crippen molar-refractivity contribution in [1.82, 2.24) is 5.32 Å². The van der Waals surface area contributed by atoms with Crippen LogP contribution in [0.3, 0.4) is 0 Å². The van der Waals surface area contributed by atoms with E-state index >= 15 is 0 Å². The van der Waals surface area contributed by atoms with E-state index in [1.54, 1.807) is 0 Å². The van der Waals surface area contributed by atoms with Gasteiger partial charge in [0, 0.05) is 11.5 Å². The zero-order valence-electron chi connectivity index (χ0n) is 15.2. The molecule has 1 nitrogen and oxygen atoms in total. The van der Waals surface area contributed by atoms with E-state index in [1.807, 2.05) is 0 Å². The minimum atomic E-state index is 0.0179. The van der Waals surface area contributed by atoms with Gasteiger partial charge in [-0.3, -0.25) is 0 Å². The first-order valence-corrected chi connectivity index (χ1v) is 8.80. The maximum Gasteiger partial charge on any atom is 0.0328 e. The molecule has 1 aliphatic rings. The van der Waals surface area contributed by atoms with Gasteiger partial charge in [-0.1, -0.05) is 58.7 Å². The fraction of sp³-hybridized carbons (Fsp3) is 0.455. The summed E-state index contributed by atoms with van der Waals surface area (Å²) in [6.07, 6.45) is 2.52. The quantitative estimate of drug-likeness (QED) is 0.843. The highest BCUT2D eigenvalue weighted by atomic mass is 15.0. The second kappa shape index (κ2) is 6.13. The van der Waals surface area contributed by atoms with Crippen LogP contribution in [0.15, 0.2) is 36.4 Å². The highest BCUT2D eigenvalue weighted by Crippen LogP contribution is 2.40. The van der Waals surface area contributed by atoms with E-state index in [2.05, 4.69) is 76.3 Å². The van der Waals surface area contributed by atoms with Gasteiger partial charge in [0.15, 0.2) is 0 Å². The zero-order chi connectivity index (χ0) is 16.6. The number of nitrogens with one attached hydrogen (secondary N) is 1. The van der Waals surface area contributed by atoms with Gasteiger partial charge in [-0.2, -0.15) is 0 Å². The van der Waals surface area contributed by atoms with Crippen LogP contribution in [0.4, 0.5) is 0 Å². The molecule has 1 aliphatic heterocycles. The van der Waals surface area contributed by atoms with Crippen LogP contribution in [0.2, 0.25) is 0 Å². The summed E-state index contributed by atoms with van der Waals surface area (Å²) < 4.78 is 0. The molecule has 0 spiro atoms.